The monoisotopic (exact) mass is 325 g/mol. The first kappa shape index (κ1) is 15.1. The van der Waals surface area contributed by atoms with Crippen LogP contribution in [0.1, 0.15) is 17.7 Å². The van der Waals surface area contributed by atoms with Crippen molar-refractivity contribution in [2.45, 2.75) is 25.3 Å². The average molecular weight is 325 g/mol. The fourth-order valence-corrected chi connectivity index (χ4v) is 3.30. The van der Waals surface area contributed by atoms with E-state index in [-0.39, 0.29) is 0 Å². The van der Waals surface area contributed by atoms with Crippen LogP contribution in [0.3, 0.4) is 0 Å². The molecule has 1 saturated heterocycles. The van der Waals surface area contributed by atoms with Crippen molar-refractivity contribution in [3.8, 4) is 0 Å². The van der Waals surface area contributed by atoms with E-state index in [2.05, 4.69) is 43.1 Å². The third kappa shape index (κ3) is 2.64. The van der Waals surface area contributed by atoms with Crippen molar-refractivity contribution in [1.29, 1.82) is 0 Å². The molecule has 0 aromatic carbocycles. The van der Waals surface area contributed by atoms with Gasteiger partial charge in [-0.3, -0.25) is 0 Å². The van der Waals surface area contributed by atoms with Crippen LogP contribution >= 0.6 is 0 Å². The zero-order valence-electron chi connectivity index (χ0n) is 14.5. The minimum atomic E-state index is 0.435. The Kier molecular flexibility index (Phi) is 3.70. The maximum Gasteiger partial charge on any atom is 0.226 e. The Bertz CT molecular complexity index is 739. The Balaban J connectivity index is 1.42. The second-order valence-electron chi connectivity index (χ2n) is 6.81. The number of hydrogen-bond donors (Lipinski definition) is 0. The summed E-state index contributed by atoms with van der Waals surface area (Å²) in [7, 11) is 6.01. The van der Waals surface area contributed by atoms with Gasteiger partial charge in [0.05, 0.1) is 11.7 Å². The minimum Gasteiger partial charge on any atom is -0.353 e. The predicted octanol–water partition coefficient (Wildman–Crippen LogP) is 1.15. The molecule has 3 heterocycles. The molecule has 24 heavy (non-hydrogen) atoms. The first-order valence-corrected chi connectivity index (χ1v) is 8.45. The van der Waals surface area contributed by atoms with Crippen molar-refractivity contribution < 1.29 is 0 Å². The van der Waals surface area contributed by atoms with Crippen molar-refractivity contribution in [2.75, 3.05) is 48.9 Å². The molecule has 0 saturated carbocycles. The average Bonchev–Trinajstić information content (AvgIpc) is 3.01. The van der Waals surface area contributed by atoms with E-state index in [9.17, 15) is 0 Å². The second kappa shape index (κ2) is 5.89. The molecule has 0 spiro atoms. The summed E-state index contributed by atoms with van der Waals surface area (Å²) in [6.45, 7) is 1.90. The SMILES string of the molecule is CN(C)c1nccc(N(C)C2CN(c3cc4c(nn3)CCC4)C2)n1. The van der Waals surface area contributed by atoms with Gasteiger partial charge in [-0.2, -0.15) is 10.1 Å². The fourth-order valence-electron chi connectivity index (χ4n) is 3.30. The molecule has 2 aromatic rings. The molecular formula is C17H23N7. The first-order valence-electron chi connectivity index (χ1n) is 8.45. The van der Waals surface area contributed by atoms with E-state index in [4.69, 9.17) is 0 Å². The smallest absolute Gasteiger partial charge is 0.226 e. The third-order valence-electron chi connectivity index (χ3n) is 4.93. The van der Waals surface area contributed by atoms with Crippen molar-refractivity contribution in [2.24, 2.45) is 0 Å². The van der Waals surface area contributed by atoms with E-state index in [1.54, 1.807) is 0 Å². The van der Waals surface area contributed by atoms with Gasteiger partial charge < -0.3 is 14.7 Å². The summed E-state index contributed by atoms with van der Waals surface area (Å²) in [6, 6.07) is 4.62. The van der Waals surface area contributed by atoms with E-state index in [0.29, 0.717) is 6.04 Å². The van der Waals surface area contributed by atoms with Gasteiger partial charge >= 0.3 is 0 Å². The van der Waals surface area contributed by atoms with E-state index in [0.717, 1.165) is 43.5 Å². The molecule has 0 N–H and O–H groups in total. The number of hydrogen-bond acceptors (Lipinski definition) is 7. The Labute approximate surface area is 142 Å². The predicted molar refractivity (Wildman–Crippen MR) is 94.8 cm³/mol. The molecule has 7 nitrogen and oxygen atoms in total. The Morgan fingerprint density at radius 2 is 1.96 bits per heavy atom. The van der Waals surface area contributed by atoms with Crippen LogP contribution in [0.2, 0.25) is 0 Å². The first-order chi connectivity index (χ1) is 11.6. The highest BCUT2D eigenvalue weighted by Gasteiger charge is 2.32. The molecule has 0 radical (unpaired) electrons. The number of aromatic nitrogens is 4. The van der Waals surface area contributed by atoms with E-state index in [1.807, 2.05) is 31.3 Å². The van der Waals surface area contributed by atoms with Crippen molar-refractivity contribution in [1.82, 2.24) is 20.2 Å². The van der Waals surface area contributed by atoms with Crippen LogP contribution in [0.4, 0.5) is 17.6 Å². The Morgan fingerprint density at radius 3 is 2.75 bits per heavy atom. The second-order valence-corrected chi connectivity index (χ2v) is 6.81. The van der Waals surface area contributed by atoms with Crippen molar-refractivity contribution in [3.05, 3.63) is 29.6 Å². The fraction of sp³-hybridized carbons (Fsp3) is 0.529. The largest absolute Gasteiger partial charge is 0.353 e. The quantitative estimate of drug-likeness (QED) is 0.835. The van der Waals surface area contributed by atoms with E-state index in [1.165, 1.54) is 17.7 Å². The van der Waals surface area contributed by atoms with E-state index >= 15 is 0 Å². The van der Waals surface area contributed by atoms with Crippen LogP contribution in [0, 0.1) is 0 Å². The molecule has 1 fully saturated rings. The molecule has 0 unspecified atom stereocenters. The number of anilines is 3. The van der Waals surface area contributed by atoms with Crippen molar-refractivity contribution >= 4 is 17.6 Å². The summed E-state index contributed by atoms with van der Waals surface area (Å²) in [5.74, 6) is 2.70. The summed E-state index contributed by atoms with van der Waals surface area (Å²) in [5, 5.41) is 8.79. The van der Waals surface area contributed by atoms with Gasteiger partial charge in [-0.25, -0.2) is 4.98 Å². The highest BCUT2D eigenvalue weighted by molar-refractivity contribution is 5.50. The molecule has 1 aliphatic carbocycles. The molecule has 0 amide bonds. The zero-order chi connectivity index (χ0) is 16.7. The Hall–Kier alpha value is -2.44. The summed E-state index contributed by atoms with van der Waals surface area (Å²) in [6.07, 6.45) is 5.25. The van der Waals surface area contributed by atoms with Crippen LogP contribution in [0.5, 0.6) is 0 Å². The normalized spacial score (nSPS) is 16.7. The van der Waals surface area contributed by atoms with Gasteiger partial charge in [0.15, 0.2) is 5.82 Å². The van der Waals surface area contributed by atoms with Gasteiger partial charge in [0.25, 0.3) is 0 Å². The van der Waals surface area contributed by atoms with Crippen LogP contribution in [-0.4, -0.2) is 60.4 Å². The summed E-state index contributed by atoms with van der Waals surface area (Å²) in [5.41, 5.74) is 2.56. The maximum absolute atomic E-state index is 4.61. The van der Waals surface area contributed by atoms with Crippen LogP contribution in [0.15, 0.2) is 18.3 Å². The van der Waals surface area contributed by atoms with Gasteiger partial charge in [-0.1, -0.05) is 0 Å². The minimum absolute atomic E-state index is 0.435. The maximum atomic E-state index is 4.61. The highest BCUT2D eigenvalue weighted by Crippen LogP contribution is 2.27. The lowest BCUT2D eigenvalue weighted by molar-refractivity contribution is 0.487. The number of aryl methyl sites for hydroxylation is 2. The lowest BCUT2D eigenvalue weighted by Crippen LogP contribution is -2.59. The number of likely N-dealkylation sites (N-methyl/N-ethyl adjacent to an activating group) is 1. The van der Waals surface area contributed by atoms with Crippen LogP contribution in [-0.2, 0) is 12.8 Å². The van der Waals surface area contributed by atoms with Gasteiger partial charge in [-0.15, -0.1) is 5.10 Å². The lowest BCUT2D eigenvalue weighted by Gasteiger charge is -2.45. The molecule has 2 aliphatic rings. The molecule has 4 rings (SSSR count). The topological polar surface area (TPSA) is 61.3 Å². The van der Waals surface area contributed by atoms with E-state index < -0.39 is 0 Å². The zero-order valence-corrected chi connectivity index (χ0v) is 14.5. The summed E-state index contributed by atoms with van der Waals surface area (Å²) < 4.78 is 0. The molecule has 2 aromatic heterocycles. The molecule has 0 bridgehead atoms. The van der Waals surface area contributed by atoms with Gasteiger partial charge in [-0.05, 0) is 37.0 Å². The lowest BCUT2D eigenvalue weighted by atomic mass is 10.1. The molecular weight excluding hydrogens is 302 g/mol. The highest BCUT2D eigenvalue weighted by atomic mass is 15.4. The molecule has 1 aliphatic heterocycles. The third-order valence-corrected chi connectivity index (χ3v) is 4.93. The standard InChI is InChI=1S/C17H23N7/c1-22(2)17-18-8-7-15(19-17)23(3)13-10-24(11-13)16-9-12-5-4-6-14(12)20-21-16/h7-9,13H,4-6,10-11H2,1-3H3. The summed E-state index contributed by atoms with van der Waals surface area (Å²) >= 11 is 0. The summed E-state index contributed by atoms with van der Waals surface area (Å²) in [4.78, 5) is 15.3. The molecule has 0 atom stereocenters. The number of nitrogens with zero attached hydrogens (tertiary/aromatic N) is 7. The molecule has 126 valence electrons. The molecule has 7 heteroatoms. The van der Waals surface area contributed by atoms with Gasteiger partial charge in [0.2, 0.25) is 5.95 Å². The van der Waals surface area contributed by atoms with Crippen molar-refractivity contribution in [3.63, 3.8) is 0 Å². The van der Waals surface area contributed by atoms with Gasteiger partial charge in [0.1, 0.15) is 5.82 Å². The van der Waals surface area contributed by atoms with Crippen LogP contribution < -0.4 is 14.7 Å². The van der Waals surface area contributed by atoms with Gasteiger partial charge in [0, 0.05) is 40.4 Å². The van der Waals surface area contributed by atoms with Crippen LogP contribution in [0.25, 0.3) is 0 Å². The Morgan fingerprint density at radius 1 is 1.12 bits per heavy atom. The number of fused-ring (bicyclic) bond motifs is 1. The number of rotatable bonds is 4.